The molecule has 1 unspecified atom stereocenters. The van der Waals surface area contributed by atoms with Gasteiger partial charge in [0, 0.05) is 49.9 Å². The molecule has 0 spiro atoms. The van der Waals surface area contributed by atoms with E-state index in [0.29, 0.717) is 11.8 Å². The average Bonchev–Trinajstić information content (AvgIpc) is 3.42. The SMILES string of the molecule is O=C(CC1CCCC1)N1CCc2nc(N3CCNC(CO)C3)sc2C1.O=C(O)C(F)(F)F. The Morgan fingerprint density at radius 1 is 1.22 bits per heavy atom. The topological polar surface area (TPSA) is 106 Å². The normalized spacial score (nSPS) is 21.7. The lowest BCUT2D eigenvalue weighted by atomic mass is 10.0. The number of piperazine rings is 1. The maximum atomic E-state index is 12.6. The summed E-state index contributed by atoms with van der Waals surface area (Å²) in [6.45, 7) is 4.30. The van der Waals surface area contributed by atoms with Crippen molar-refractivity contribution in [1.82, 2.24) is 15.2 Å². The van der Waals surface area contributed by atoms with Gasteiger partial charge in [-0.3, -0.25) is 4.79 Å². The van der Waals surface area contributed by atoms with Crippen molar-refractivity contribution in [2.24, 2.45) is 5.92 Å². The Morgan fingerprint density at radius 3 is 2.53 bits per heavy atom. The highest BCUT2D eigenvalue weighted by Gasteiger charge is 2.38. The van der Waals surface area contributed by atoms with Crippen molar-refractivity contribution in [2.45, 2.75) is 57.3 Å². The number of hydrogen-bond donors (Lipinski definition) is 3. The van der Waals surface area contributed by atoms with Gasteiger partial charge in [-0.15, -0.1) is 0 Å². The van der Waals surface area contributed by atoms with Crippen molar-refractivity contribution in [2.75, 3.05) is 37.7 Å². The zero-order valence-electron chi connectivity index (χ0n) is 17.7. The summed E-state index contributed by atoms with van der Waals surface area (Å²) in [7, 11) is 0. The standard InChI is InChI=1S/C18H28N4O2S.C2HF3O2/c23-12-14-10-22(8-6-19-14)18-20-15-5-7-21(11-16(15)25-18)17(24)9-13-3-1-2-4-13;3-2(4,5)1(6)7/h13-14,19,23H,1-12H2;(H,6,7). The monoisotopic (exact) mass is 478 g/mol. The minimum atomic E-state index is -5.08. The molecule has 0 radical (unpaired) electrons. The fourth-order valence-corrected chi connectivity index (χ4v) is 5.40. The molecule has 180 valence electrons. The summed E-state index contributed by atoms with van der Waals surface area (Å²) in [6, 6.07) is 0.124. The Hall–Kier alpha value is -1.92. The van der Waals surface area contributed by atoms with Gasteiger partial charge in [0.25, 0.3) is 0 Å². The molecule has 1 aliphatic carbocycles. The summed E-state index contributed by atoms with van der Waals surface area (Å²) in [6.07, 6.45) is 1.56. The Bertz CT molecular complexity index is 798. The van der Waals surface area contributed by atoms with E-state index >= 15 is 0 Å². The average molecular weight is 479 g/mol. The van der Waals surface area contributed by atoms with Crippen LogP contribution in [0.5, 0.6) is 0 Å². The van der Waals surface area contributed by atoms with Crippen molar-refractivity contribution in [3.05, 3.63) is 10.6 Å². The molecule has 8 nitrogen and oxygen atoms in total. The predicted molar refractivity (Wildman–Crippen MR) is 113 cm³/mol. The molecule has 0 bridgehead atoms. The van der Waals surface area contributed by atoms with E-state index in [1.807, 2.05) is 4.90 Å². The molecule has 32 heavy (non-hydrogen) atoms. The van der Waals surface area contributed by atoms with E-state index in [9.17, 15) is 23.1 Å². The van der Waals surface area contributed by atoms with Crippen LogP contribution < -0.4 is 10.2 Å². The van der Waals surface area contributed by atoms with Crippen LogP contribution in [-0.2, 0) is 22.6 Å². The van der Waals surface area contributed by atoms with Crippen LogP contribution in [0, 0.1) is 5.92 Å². The molecule has 4 rings (SSSR count). The Morgan fingerprint density at radius 2 is 1.91 bits per heavy atom. The number of carbonyl (C=O) groups is 2. The van der Waals surface area contributed by atoms with Gasteiger partial charge in [0.05, 0.1) is 18.8 Å². The third kappa shape index (κ3) is 6.55. The molecule has 1 atom stereocenters. The summed E-state index contributed by atoms with van der Waals surface area (Å²) in [4.78, 5) is 31.9. The number of thiazole rings is 1. The number of carbonyl (C=O) groups excluding carboxylic acids is 1. The van der Waals surface area contributed by atoms with Crippen molar-refractivity contribution >= 4 is 28.3 Å². The molecular weight excluding hydrogens is 449 g/mol. The van der Waals surface area contributed by atoms with Crippen molar-refractivity contribution in [3.8, 4) is 0 Å². The molecule has 12 heteroatoms. The molecule has 0 aromatic carbocycles. The third-order valence-electron chi connectivity index (χ3n) is 6.00. The second-order valence-electron chi connectivity index (χ2n) is 8.37. The van der Waals surface area contributed by atoms with E-state index in [4.69, 9.17) is 14.9 Å². The highest BCUT2D eigenvalue weighted by atomic mass is 32.1. The number of aliphatic hydroxyl groups is 1. The summed E-state index contributed by atoms with van der Waals surface area (Å²) in [5.41, 5.74) is 1.17. The van der Waals surface area contributed by atoms with Gasteiger partial charge in [-0.25, -0.2) is 9.78 Å². The van der Waals surface area contributed by atoms with Crippen LogP contribution in [0.3, 0.4) is 0 Å². The number of aromatic nitrogens is 1. The minimum absolute atomic E-state index is 0.124. The van der Waals surface area contributed by atoms with Gasteiger partial charge in [0.2, 0.25) is 5.91 Å². The van der Waals surface area contributed by atoms with Gasteiger partial charge in [-0.05, 0) is 18.8 Å². The van der Waals surface area contributed by atoms with Crippen LogP contribution in [0.15, 0.2) is 0 Å². The number of aliphatic hydroxyl groups excluding tert-OH is 1. The number of nitrogens with one attached hydrogen (secondary N) is 1. The van der Waals surface area contributed by atoms with E-state index < -0.39 is 12.1 Å². The van der Waals surface area contributed by atoms with E-state index in [1.54, 1.807) is 11.3 Å². The number of fused-ring (bicyclic) bond motifs is 1. The molecule has 2 fully saturated rings. The van der Waals surface area contributed by atoms with Crippen LogP contribution in [0.1, 0.15) is 42.7 Å². The number of carboxylic acid groups (broad SMARTS) is 1. The van der Waals surface area contributed by atoms with Gasteiger partial charge in [0.15, 0.2) is 5.13 Å². The first-order chi connectivity index (χ1) is 15.2. The third-order valence-corrected chi connectivity index (χ3v) is 7.14. The number of aliphatic carboxylic acids is 1. The second kappa shape index (κ2) is 10.8. The highest BCUT2D eigenvalue weighted by Crippen LogP contribution is 2.33. The first-order valence-electron chi connectivity index (χ1n) is 10.8. The lowest BCUT2D eigenvalue weighted by molar-refractivity contribution is -0.192. The first kappa shape index (κ1) is 24.7. The maximum Gasteiger partial charge on any atom is 0.490 e. The van der Waals surface area contributed by atoms with E-state index in [1.165, 1.54) is 36.3 Å². The zero-order valence-corrected chi connectivity index (χ0v) is 18.6. The molecule has 1 saturated carbocycles. The van der Waals surface area contributed by atoms with E-state index in [0.717, 1.165) is 50.7 Å². The van der Waals surface area contributed by atoms with Crippen molar-refractivity contribution in [1.29, 1.82) is 0 Å². The summed E-state index contributed by atoms with van der Waals surface area (Å²) in [5, 5.41) is 20.9. The second-order valence-corrected chi connectivity index (χ2v) is 9.43. The van der Waals surface area contributed by atoms with Gasteiger partial charge in [-0.2, -0.15) is 13.2 Å². The summed E-state index contributed by atoms with van der Waals surface area (Å²) >= 11 is 1.73. The largest absolute Gasteiger partial charge is 0.490 e. The molecule has 1 saturated heterocycles. The number of halogens is 3. The number of alkyl halides is 3. The molecule has 1 aromatic heterocycles. The van der Waals surface area contributed by atoms with Crippen LogP contribution in [0.4, 0.5) is 18.3 Å². The minimum Gasteiger partial charge on any atom is -0.475 e. The fraction of sp³-hybridized carbons (Fsp3) is 0.750. The van der Waals surface area contributed by atoms with Crippen LogP contribution in [-0.4, -0.2) is 77.0 Å². The molecule has 1 aromatic rings. The van der Waals surface area contributed by atoms with Crippen LogP contribution in [0.25, 0.3) is 0 Å². The lowest BCUT2D eigenvalue weighted by Gasteiger charge is -2.32. The molecule has 3 N–H and O–H groups in total. The van der Waals surface area contributed by atoms with Gasteiger partial charge >= 0.3 is 12.1 Å². The Balaban J connectivity index is 0.000000360. The Kier molecular flexibility index (Phi) is 8.34. The van der Waals surface area contributed by atoms with Gasteiger partial charge < -0.3 is 25.3 Å². The predicted octanol–water partition coefficient (Wildman–Crippen LogP) is 2.01. The Labute approximate surface area is 188 Å². The smallest absolute Gasteiger partial charge is 0.475 e. The summed E-state index contributed by atoms with van der Waals surface area (Å²) < 4.78 is 31.7. The van der Waals surface area contributed by atoms with E-state index in [2.05, 4.69) is 10.2 Å². The maximum absolute atomic E-state index is 12.6. The highest BCUT2D eigenvalue weighted by molar-refractivity contribution is 7.15. The van der Waals surface area contributed by atoms with Crippen molar-refractivity contribution < 1.29 is 33.0 Å². The lowest BCUT2D eigenvalue weighted by Crippen LogP contribution is -2.52. The molecule has 3 aliphatic rings. The number of nitrogens with zero attached hydrogens (tertiary/aromatic N) is 3. The zero-order chi connectivity index (χ0) is 23.3. The summed E-state index contributed by atoms with van der Waals surface area (Å²) in [5.74, 6) is -1.82. The number of amides is 1. The number of anilines is 1. The van der Waals surface area contributed by atoms with Crippen molar-refractivity contribution in [3.63, 3.8) is 0 Å². The molecular formula is C20H29F3N4O4S. The fourth-order valence-electron chi connectivity index (χ4n) is 4.24. The number of rotatable bonds is 4. The van der Waals surface area contributed by atoms with Crippen LogP contribution >= 0.6 is 11.3 Å². The molecule has 1 amide bonds. The van der Waals surface area contributed by atoms with Crippen LogP contribution in [0.2, 0.25) is 0 Å². The molecule has 3 heterocycles. The quantitative estimate of drug-likeness (QED) is 0.608. The van der Waals surface area contributed by atoms with Gasteiger partial charge in [0.1, 0.15) is 0 Å². The molecule has 2 aliphatic heterocycles. The van der Waals surface area contributed by atoms with Gasteiger partial charge in [-0.1, -0.05) is 24.2 Å². The first-order valence-corrected chi connectivity index (χ1v) is 11.6. The number of hydrogen-bond acceptors (Lipinski definition) is 7. The number of carboxylic acids is 1. The van der Waals surface area contributed by atoms with E-state index in [-0.39, 0.29) is 12.6 Å².